The molecule has 1 N–H and O–H groups in total. The maximum Gasteiger partial charge on any atom is 0.264 e. The van der Waals surface area contributed by atoms with Crippen LogP contribution in [-0.2, 0) is 14.8 Å². The second-order valence-electron chi connectivity index (χ2n) is 8.60. The highest BCUT2D eigenvalue weighted by Gasteiger charge is 2.28. The van der Waals surface area contributed by atoms with Crippen LogP contribution in [0.1, 0.15) is 36.0 Å². The molecule has 188 valence electrons. The summed E-state index contributed by atoms with van der Waals surface area (Å²) in [6, 6.07) is 19.3. The van der Waals surface area contributed by atoms with E-state index in [1.165, 1.54) is 24.3 Å². The Morgan fingerprint density at radius 2 is 1.44 bits per heavy atom. The molecule has 2 amide bonds. The van der Waals surface area contributed by atoms with Gasteiger partial charge < -0.3 is 10.2 Å². The summed E-state index contributed by atoms with van der Waals surface area (Å²) in [6.45, 7) is 0.763. The molecule has 1 fully saturated rings. The van der Waals surface area contributed by atoms with Crippen molar-refractivity contribution < 1.29 is 22.4 Å². The number of hydrogen-bond donors (Lipinski definition) is 1. The zero-order chi connectivity index (χ0) is 25.5. The Labute approximate surface area is 210 Å². The van der Waals surface area contributed by atoms with Crippen molar-refractivity contribution in [2.24, 2.45) is 0 Å². The minimum atomic E-state index is -4.13. The van der Waals surface area contributed by atoms with Gasteiger partial charge in [-0.25, -0.2) is 12.8 Å². The van der Waals surface area contributed by atoms with Gasteiger partial charge in [0.25, 0.3) is 15.9 Å². The number of hydrogen-bond acceptors (Lipinski definition) is 4. The van der Waals surface area contributed by atoms with E-state index in [-0.39, 0.29) is 16.5 Å². The summed E-state index contributed by atoms with van der Waals surface area (Å²) in [5.74, 6) is -1.32. The van der Waals surface area contributed by atoms with Crippen LogP contribution in [0.25, 0.3) is 0 Å². The molecule has 3 aromatic carbocycles. The van der Waals surface area contributed by atoms with E-state index in [0.717, 1.165) is 42.1 Å². The molecule has 0 unspecified atom stereocenters. The van der Waals surface area contributed by atoms with E-state index in [9.17, 15) is 22.4 Å². The number of likely N-dealkylation sites (tertiary alicyclic amines) is 1. The van der Waals surface area contributed by atoms with E-state index in [1.54, 1.807) is 47.4 Å². The normalized spacial score (nSPS) is 14.1. The predicted molar refractivity (Wildman–Crippen MR) is 137 cm³/mol. The molecule has 0 radical (unpaired) electrons. The molecule has 0 aromatic heterocycles. The zero-order valence-electron chi connectivity index (χ0n) is 19.8. The van der Waals surface area contributed by atoms with Gasteiger partial charge in [-0.1, -0.05) is 43.2 Å². The van der Waals surface area contributed by atoms with Crippen molar-refractivity contribution in [3.8, 4) is 0 Å². The van der Waals surface area contributed by atoms with Crippen LogP contribution >= 0.6 is 0 Å². The number of amides is 2. The maximum atomic E-state index is 13.5. The molecule has 0 bridgehead atoms. The summed E-state index contributed by atoms with van der Waals surface area (Å²) in [5.41, 5.74) is 0.809. The first-order valence-corrected chi connectivity index (χ1v) is 13.3. The predicted octanol–water partition coefficient (Wildman–Crippen LogP) is 4.68. The first-order valence-electron chi connectivity index (χ1n) is 11.9. The third kappa shape index (κ3) is 5.91. The summed E-state index contributed by atoms with van der Waals surface area (Å²) in [7, 11) is -4.13. The Morgan fingerprint density at radius 3 is 2.11 bits per heavy atom. The Bertz CT molecular complexity index is 1310. The molecular formula is C27H28FN3O4S. The SMILES string of the molecule is O=C(CN(c1ccc(F)cc1)S(=O)(=O)c1ccccc1)Nc1ccccc1C(=O)N1CCCCCC1. The first-order chi connectivity index (χ1) is 17.4. The lowest BCUT2D eigenvalue weighted by Gasteiger charge is -2.25. The average molecular weight is 510 g/mol. The quantitative estimate of drug-likeness (QED) is 0.501. The van der Waals surface area contributed by atoms with Gasteiger partial charge in [0.1, 0.15) is 12.4 Å². The Morgan fingerprint density at radius 1 is 0.833 bits per heavy atom. The van der Waals surface area contributed by atoms with Crippen LogP contribution < -0.4 is 9.62 Å². The summed E-state index contributed by atoms with van der Waals surface area (Å²) in [5, 5.41) is 2.71. The lowest BCUT2D eigenvalue weighted by Crippen LogP contribution is -2.38. The molecule has 3 aromatic rings. The number of carbonyl (C=O) groups is 2. The molecule has 1 heterocycles. The third-order valence-electron chi connectivity index (χ3n) is 6.06. The highest BCUT2D eigenvalue weighted by Crippen LogP contribution is 2.25. The molecule has 9 heteroatoms. The van der Waals surface area contributed by atoms with Gasteiger partial charge in [-0.05, 0) is 61.4 Å². The van der Waals surface area contributed by atoms with Crippen LogP contribution in [-0.4, -0.2) is 44.8 Å². The van der Waals surface area contributed by atoms with E-state index in [1.807, 2.05) is 0 Å². The molecule has 1 aliphatic heterocycles. The van der Waals surface area contributed by atoms with Gasteiger partial charge in [0.15, 0.2) is 0 Å². The highest BCUT2D eigenvalue weighted by atomic mass is 32.2. The van der Waals surface area contributed by atoms with Crippen LogP contribution in [0.5, 0.6) is 0 Å². The van der Waals surface area contributed by atoms with Crippen LogP contribution in [0.2, 0.25) is 0 Å². The fourth-order valence-corrected chi connectivity index (χ4v) is 5.63. The summed E-state index contributed by atoms with van der Waals surface area (Å²) < 4.78 is 41.3. The van der Waals surface area contributed by atoms with Crippen LogP contribution in [0.3, 0.4) is 0 Å². The fraction of sp³-hybridized carbons (Fsp3) is 0.259. The van der Waals surface area contributed by atoms with Crippen LogP contribution in [0.4, 0.5) is 15.8 Å². The van der Waals surface area contributed by atoms with Gasteiger partial charge in [0.2, 0.25) is 5.91 Å². The number of rotatable bonds is 7. The number of benzene rings is 3. The van der Waals surface area contributed by atoms with E-state index < -0.39 is 28.3 Å². The lowest BCUT2D eigenvalue weighted by atomic mass is 10.1. The smallest absolute Gasteiger partial charge is 0.264 e. The minimum absolute atomic E-state index is 0.00105. The number of nitrogens with one attached hydrogen (secondary N) is 1. The van der Waals surface area contributed by atoms with Crippen molar-refractivity contribution in [3.63, 3.8) is 0 Å². The fourth-order valence-electron chi connectivity index (χ4n) is 4.18. The molecule has 0 saturated carbocycles. The Balaban J connectivity index is 1.59. The second-order valence-corrected chi connectivity index (χ2v) is 10.5. The van der Waals surface area contributed by atoms with Gasteiger partial charge in [0, 0.05) is 13.1 Å². The van der Waals surface area contributed by atoms with E-state index in [4.69, 9.17) is 0 Å². The monoisotopic (exact) mass is 509 g/mol. The lowest BCUT2D eigenvalue weighted by molar-refractivity contribution is -0.114. The zero-order valence-corrected chi connectivity index (χ0v) is 20.6. The average Bonchev–Trinajstić information content (AvgIpc) is 3.18. The maximum absolute atomic E-state index is 13.5. The first kappa shape index (κ1) is 25.4. The summed E-state index contributed by atoms with van der Waals surface area (Å²) in [6.07, 6.45) is 4.03. The van der Waals surface area contributed by atoms with Gasteiger partial charge in [-0.2, -0.15) is 0 Å². The summed E-state index contributed by atoms with van der Waals surface area (Å²) in [4.78, 5) is 28.1. The van der Waals surface area contributed by atoms with Crippen molar-refractivity contribution in [1.82, 2.24) is 4.90 Å². The van der Waals surface area contributed by atoms with Crippen molar-refractivity contribution >= 4 is 33.2 Å². The molecule has 7 nitrogen and oxygen atoms in total. The van der Waals surface area contributed by atoms with E-state index in [0.29, 0.717) is 24.3 Å². The van der Waals surface area contributed by atoms with Crippen molar-refractivity contribution in [2.45, 2.75) is 30.6 Å². The standard InChI is InChI=1S/C27H28FN3O4S/c28-21-14-16-22(17-15-21)31(36(34,35)23-10-4-3-5-11-23)20-26(32)29-25-13-7-6-12-24(25)27(33)30-18-8-1-2-9-19-30/h3-7,10-17H,1-2,8-9,18-20H2,(H,29,32). The van der Waals surface area contributed by atoms with Crippen molar-refractivity contribution in [1.29, 1.82) is 0 Å². The molecule has 0 spiro atoms. The third-order valence-corrected chi connectivity index (χ3v) is 7.85. The van der Waals surface area contributed by atoms with Gasteiger partial charge >= 0.3 is 0 Å². The summed E-state index contributed by atoms with van der Waals surface area (Å²) >= 11 is 0. The van der Waals surface area contributed by atoms with E-state index in [2.05, 4.69) is 5.32 Å². The number of anilines is 2. The van der Waals surface area contributed by atoms with Gasteiger partial charge in [0.05, 0.1) is 21.8 Å². The van der Waals surface area contributed by atoms with Crippen molar-refractivity contribution in [2.75, 3.05) is 29.3 Å². The highest BCUT2D eigenvalue weighted by molar-refractivity contribution is 7.92. The second kappa shape index (κ2) is 11.3. The molecule has 4 rings (SSSR count). The number of nitrogens with zero attached hydrogens (tertiary/aromatic N) is 2. The molecule has 1 aliphatic rings. The van der Waals surface area contributed by atoms with Gasteiger partial charge in [-0.3, -0.25) is 13.9 Å². The largest absolute Gasteiger partial charge is 0.339 e. The van der Waals surface area contributed by atoms with E-state index >= 15 is 0 Å². The Hall–Kier alpha value is -3.72. The van der Waals surface area contributed by atoms with Crippen LogP contribution in [0, 0.1) is 5.82 Å². The Kier molecular flexibility index (Phi) is 8.00. The number of halogens is 1. The number of sulfonamides is 1. The number of para-hydroxylation sites is 1. The molecule has 36 heavy (non-hydrogen) atoms. The molecule has 0 aliphatic carbocycles. The van der Waals surface area contributed by atoms with Gasteiger partial charge in [-0.15, -0.1) is 0 Å². The van der Waals surface area contributed by atoms with Crippen LogP contribution in [0.15, 0.2) is 83.8 Å². The minimum Gasteiger partial charge on any atom is -0.339 e. The number of carbonyl (C=O) groups excluding carboxylic acids is 2. The van der Waals surface area contributed by atoms with Crippen molar-refractivity contribution in [3.05, 3.63) is 90.2 Å². The molecular weight excluding hydrogens is 481 g/mol. The molecule has 0 atom stereocenters. The molecule has 1 saturated heterocycles. The topological polar surface area (TPSA) is 86.8 Å².